The number of rotatable bonds is 15. The number of nitrogens with one attached hydrogen (secondary N) is 4. The van der Waals surface area contributed by atoms with Gasteiger partial charge in [-0.25, -0.2) is 19.3 Å². The summed E-state index contributed by atoms with van der Waals surface area (Å²) in [7, 11) is 0. The summed E-state index contributed by atoms with van der Waals surface area (Å²) in [5.41, 5.74) is 7.31. The molecule has 18 nitrogen and oxygen atoms in total. The number of thiazole rings is 1. The lowest BCUT2D eigenvalue weighted by Gasteiger charge is -2.35. The highest BCUT2D eigenvalue weighted by Crippen LogP contribution is 2.41. The number of aliphatic hydroxyl groups is 1. The summed E-state index contributed by atoms with van der Waals surface area (Å²) in [6, 6.07) is 10.2. The predicted octanol–water partition coefficient (Wildman–Crippen LogP) is 5.58. The monoisotopic (exact) mass is 972 g/mol. The number of H-pyrrole nitrogens is 1. The largest absolute Gasteiger partial charge is 0.391 e. The minimum atomic E-state index is -0.998. The number of hydrogen-bond donors (Lipinski definition) is 5. The van der Waals surface area contributed by atoms with Crippen LogP contribution in [0, 0.1) is 18.2 Å². The third-order valence-electron chi connectivity index (χ3n) is 13.2. The normalized spacial score (nSPS) is 17.7. The van der Waals surface area contributed by atoms with Gasteiger partial charge in [0.1, 0.15) is 17.9 Å². The first-order chi connectivity index (χ1) is 33.6. The number of anilines is 2. The molecule has 1 saturated carbocycles. The zero-order valence-corrected chi connectivity index (χ0v) is 40.4. The highest BCUT2D eigenvalue weighted by atomic mass is 32.1. The zero-order chi connectivity index (χ0) is 49.3. The van der Waals surface area contributed by atoms with Crippen molar-refractivity contribution in [2.24, 2.45) is 5.41 Å². The Bertz CT molecular complexity index is 2900. The van der Waals surface area contributed by atoms with Crippen molar-refractivity contribution >= 4 is 58.0 Å². The van der Waals surface area contributed by atoms with Crippen LogP contribution in [0.25, 0.3) is 27.3 Å². The molecule has 0 spiro atoms. The Kier molecular flexibility index (Phi) is 13.8. The van der Waals surface area contributed by atoms with E-state index in [1.54, 1.807) is 51.3 Å². The number of carbonyl (C=O) groups is 5. The summed E-state index contributed by atoms with van der Waals surface area (Å²) in [6.45, 7) is 8.65. The van der Waals surface area contributed by atoms with Crippen molar-refractivity contribution in [2.75, 3.05) is 38.0 Å². The second-order valence-electron chi connectivity index (χ2n) is 19.4. The molecule has 0 radical (unpaired) electrons. The number of benzene rings is 2. The maximum atomic E-state index is 15.7. The topological polar surface area (TPSA) is 223 Å². The Balaban J connectivity index is 0.736. The number of aromatic nitrogens is 6. The van der Waals surface area contributed by atoms with Crippen LogP contribution in [0.3, 0.4) is 0 Å². The van der Waals surface area contributed by atoms with Gasteiger partial charge in [-0.15, -0.1) is 11.3 Å². The van der Waals surface area contributed by atoms with Gasteiger partial charge in [-0.3, -0.25) is 33.5 Å². The van der Waals surface area contributed by atoms with E-state index in [2.05, 4.69) is 36.1 Å². The molecule has 3 atom stereocenters. The summed E-state index contributed by atoms with van der Waals surface area (Å²) < 4.78 is 17.6. The molecule has 2 saturated heterocycles. The molecule has 4 aromatic heterocycles. The Morgan fingerprint density at radius 2 is 1.71 bits per heavy atom. The third kappa shape index (κ3) is 10.6. The van der Waals surface area contributed by atoms with E-state index in [0.717, 1.165) is 51.5 Å². The van der Waals surface area contributed by atoms with Crippen molar-refractivity contribution in [1.82, 2.24) is 54.9 Å². The lowest BCUT2D eigenvalue weighted by molar-refractivity contribution is -0.144. The Labute approximate surface area is 408 Å². The number of β-amino-alcohol motifs (C(OH)–C–C–N with tert-alkyl or cyclic N) is 1. The molecule has 5 amide bonds. The number of fused-ring (bicyclic) bond motifs is 1. The molecular weight excluding hydrogens is 916 g/mol. The number of imidazole rings is 1. The van der Waals surface area contributed by atoms with Crippen LogP contribution >= 0.6 is 11.3 Å². The molecule has 3 aliphatic rings. The fourth-order valence-electron chi connectivity index (χ4n) is 9.06. The number of aromatic amines is 1. The van der Waals surface area contributed by atoms with Crippen LogP contribution < -0.4 is 16.0 Å². The number of likely N-dealkylation sites (tertiary alicyclic amines) is 1. The number of carbonyl (C=O) groups excluding carboxylic acids is 5. The number of amides is 5. The van der Waals surface area contributed by atoms with Crippen molar-refractivity contribution in [2.45, 2.75) is 96.9 Å². The van der Waals surface area contributed by atoms with Crippen LogP contribution in [0.5, 0.6) is 0 Å². The van der Waals surface area contributed by atoms with Gasteiger partial charge in [-0.2, -0.15) is 5.10 Å². The van der Waals surface area contributed by atoms with Crippen molar-refractivity contribution in [3.63, 3.8) is 0 Å². The summed E-state index contributed by atoms with van der Waals surface area (Å²) in [4.78, 5) is 87.1. The Morgan fingerprint density at radius 1 is 0.957 bits per heavy atom. The van der Waals surface area contributed by atoms with Gasteiger partial charge in [0.25, 0.3) is 5.91 Å². The standard InChI is InChI=1S/C50H57FN12O6S/c1-29-43(70-28-54-29)32-10-8-30(9-11-32)22-53-47(67)39-21-35(64)26-63(39)49(69)44(50(2,3)4)59-41(65)6-5-7-42(66)60-16-18-61(19-17-60)48(68)33-14-15-37(36(51)20-33)57-45-46-52-25-40(34-23-55-56-24-34)62(46)27-38(58-45)31-12-13-31/h8-11,14-15,20,23-25,27-28,31,35,39,44,64H,5-7,12-13,16-19,21-22,26H2,1-4H3,(H,53,67)(H,55,56)(H,57,58)(H,59,65)/t35-,39+,44-/m1/s1. The van der Waals surface area contributed by atoms with Crippen molar-refractivity contribution in [1.29, 1.82) is 0 Å². The van der Waals surface area contributed by atoms with Gasteiger partial charge in [0.05, 0.1) is 51.7 Å². The van der Waals surface area contributed by atoms with E-state index in [9.17, 15) is 29.1 Å². The Morgan fingerprint density at radius 3 is 2.39 bits per heavy atom. The lowest BCUT2D eigenvalue weighted by Crippen LogP contribution is -2.57. The molecule has 1 aliphatic carbocycles. The second-order valence-corrected chi connectivity index (χ2v) is 20.3. The van der Waals surface area contributed by atoms with Crippen LogP contribution in [0.1, 0.15) is 92.5 Å². The van der Waals surface area contributed by atoms with E-state index in [4.69, 9.17) is 4.98 Å². The average molecular weight is 973 g/mol. The highest BCUT2D eigenvalue weighted by molar-refractivity contribution is 7.13. The molecule has 9 rings (SSSR count). The maximum absolute atomic E-state index is 15.7. The first kappa shape index (κ1) is 48.0. The second kappa shape index (κ2) is 20.1. The van der Waals surface area contributed by atoms with Crippen molar-refractivity contribution < 1.29 is 33.5 Å². The van der Waals surface area contributed by atoms with Crippen molar-refractivity contribution in [3.8, 4) is 21.7 Å². The summed E-state index contributed by atoms with van der Waals surface area (Å²) in [6.07, 6.45) is 8.67. The molecule has 6 heterocycles. The fraction of sp³-hybridized carbons (Fsp3) is 0.420. The minimum absolute atomic E-state index is 0.0182. The molecule has 20 heteroatoms. The fourth-order valence-corrected chi connectivity index (χ4v) is 9.87. The lowest BCUT2D eigenvalue weighted by atomic mass is 9.85. The number of halogens is 1. The Hall–Kier alpha value is -7.06. The predicted molar refractivity (Wildman–Crippen MR) is 260 cm³/mol. The first-order valence-electron chi connectivity index (χ1n) is 23.7. The number of aliphatic hydroxyl groups excluding tert-OH is 1. The average Bonchev–Trinajstić information content (AvgIpc) is 3.66. The summed E-state index contributed by atoms with van der Waals surface area (Å²) >= 11 is 1.56. The summed E-state index contributed by atoms with van der Waals surface area (Å²) in [5, 5.41) is 26.4. The number of hydrogen-bond acceptors (Lipinski definition) is 12. The van der Waals surface area contributed by atoms with Crippen LogP contribution in [-0.2, 0) is 25.7 Å². The SMILES string of the molecule is Cc1ncsc1-c1ccc(CNC(=O)[C@@H]2C[C@@H](O)CN2C(=O)[C@@H](NC(=O)CCCC(=O)N2CCN(C(=O)c3ccc(Nc4nc(C5CC5)cn5c(-c6cn[nH]c6)cnc45)c(F)c3)CC2)C(C)(C)C)cc1. The molecule has 70 heavy (non-hydrogen) atoms. The highest BCUT2D eigenvalue weighted by Gasteiger charge is 2.44. The van der Waals surface area contributed by atoms with Crippen LogP contribution in [0.15, 0.2) is 72.8 Å². The van der Waals surface area contributed by atoms with Gasteiger partial charge in [-0.05, 0) is 60.9 Å². The van der Waals surface area contributed by atoms with Crippen LogP contribution in [0.4, 0.5) is 15.9 Å². The van der Waals surface area contributed by atoms with Crippen LogP contribution in [-0.4, -0.2) is 130 Å². The van der Waals surface area contributed by atoms with Gasteiger partial charge in [-0.1, -0.05) is 45.0 Å². The summed E-state index contributed by atoms with van der Waals surface area (Å²) in [5.74, 6) is -1.71. The number of piperazine rings is 1. The first-order valence-corrected chi connectivity index (χ1v) is 24.5. The molecule has 2 aliphatic heterocycles. The minimum Gasteiger partial charge on any atom is -0.391 e. The molecule has 6 aromatic rings. The van der Waals surface area contributed by atoms with Gasteiger partial charge >= 0.3 is 0 Å². The molecular formula is C50H57FN12O6S. The molecule has 2 aromatic carbocycles. The quantitative estimate of drug-likeness (QED) is 0.0855. The van der Waals surface area contributed by atoms with Gasteiger partial charge in [0.2, 0.25) is 23.6 Å². The maximum Gasteiger partial charge on any atom is 0.254 e. The van der Waals surface area contributed by atoms with E-state index in [1.807, 2.05) is 62.6 Å². The van der Waals surface area contributed by atoms with Crippen LogP contribution in [0.2, 0.25) is 0 Å². The van der Waals surface area contributed by atoms with E-state index < -0.39 is 47.1 Å². The van der Waals surface area contributed by atoms with E-state index in [-0.39, 0.29) is 88.0 Å². The van der Waals surface area contributed by atoms with E-state index in [0.29, 0.717) is 17.4 Å². The van der Waals surface area contributed by atoms with E-state index in [1.165, 1.54) is 17.0 Å². The molecule has 0 bridgehead atoms. The van der Waals surface area contributed by atoms with Gasteiger partial charge in [0, 0.05) is 88.0 Å². The molecule has 3 fully saturated rings. The van der Waals surface area contributed by atoms with Gasteiger partial charge < -0.3 is 35.8 Å². The van der Waals surface area contributed by atoms with Gasteiger partial charge in [0.15, 0.2) is 11.5 Å². The zero-order valence-electron chi connectivity index (χ0n) is 39.6. The number of nitrogens with zero attached hydrogens (tertiary/aromatic N) is 8. The molecule has 366 valence electrons. The third-order valence-corrected chi connectivity index (χ3v) is 14.2. The van der Waals surface area contributed by atoms with E-state index >= 15 is 4.39 Å². The smallest absolute Gasteiger partial charge is 0.254 e. The van der Waals surface area contributed by atoms with Crippen molar-refractivity contribution in [3.05, 3.63) is 101 Å². The molecule has 0 unspecified atom stereocenters. The molecule has 5 N–H and O–H groups in total. The number of aryl methyl sites for hydroxylation is 1.